The first-order chi connectivity index (χ1) is 13.0. The van der Waals surface area contributed by atoms with Crippen molar-refractivity contribution in [3.8, 4) is 0 Å². The number of nitrogens with one attached hydrogen (secondary N) is 2. The van der Waals surface area contributed by atoms with Crippen molar-refractivity contribution in [3.05, 3.63) is 79.7 Å². The van der Waals surface area contributed by atoms with E-state index in [1.165, 1.54) is 22.7 Å². The molecule has 2 amide bonds. The Labute approximate surface area is 165 Å². The number of thiophene rings is 2. The second kappa shape index (κ2) is 8.75. The predicted molar refractivity (Wildman–Crippen MR) is 107 cm³/mol. The minimum absolute atomic E-state index is 0.0246. The number of carbonyl (C=O) groups is 3. The molecule has 27 heavy (non-hydrogen) atoms. The number of hydrogen-bond donors (Lipinski definition) is 2. The molecule has 0 unspecified atom stereocenters. The summed E-state index contributed by atoms with van der Waals surface area (Å²) in [4.78, 5) is 38.2. The zero-order valence-corrected chi connectivity index (χ0v) is 16.3. The fourth-order valence-electron chi connectivity index (χ4n) is 2.34. The molecule has 0 bridgehead atoms. The summed E-state index contributed by atoms with van der Waals surface area (Å²) in [5.41, 5.74) is 2.06. The molecule has 7 heteroatoms. The summed E-state index contributed by atoms with van der Waals surface area (Å²) < 4.78 is 0. The number of rotatable bonds is 6. The molecule has 0 aliphatic rings. The molecular formula is C20H18N2O3S2. The fourth-order valence-corrected chi connectivity index (χ4v) is 3.98. The standard InChI is InChI=1S/C20H18N2O3S2/c1-13-4-6-14(7-5-13)11-21-19(24)20(25)22-12-15-8-9-17(27-15)18(23)16-3-2-10-26-16/h2-10H,11-12H2,1H3,(H,21,24)(H,22,25). The first kappa shape index (κ1) is 19.0. The molecule has 0 fully saturated rings. The van der Waals surface area contributed by atoms with Gasteiger partial charge in [0.15, 0.2) is 0 Å². The van der Waals surface area contributed by atoms with E-state index in [1.54, 1.807) is 18.2 Å². The van der Waals surface area contributed by atoms with Gasteiger partial charge in [-0.05, 0) is 36.1 Å². The first-order valence-electron chi connectivity index (χ1n) is 8.31. The molecule has 5 nitrogen and oxygen atoms in total. The Morgan fingerprint density at radius 2 is 1.56 bits per heavy atom. The molecule has 3 aromatic rings. The van der Waals surface area contributed by atoms with Crippen LogP contribution in [0.3, 0.4) is 0 Å². The molecule has 2 heterocycles. The lowest BCUT2D eigenvalue weighted by Crippen LogP contribution is -2.39. The molecule has 1 aromatic carbocycles. The van der Waals surface area contributed by atoms with Crippen LogP contribution in [0.5, 0.6) is 0 Å². The number of hydrogen-bond acceptors (Lipinski definition) is 5. The van der Waals surface area contributed by atoms with Crippen molar-refractivity contribution in [2.24, 2.45) is 0 Å². The number of amides is 2. The number of ketones is 1. The van der Waals surface area contributed by atoms with Gasteiger partial charge in [-0.1, -0.05) is 35.9 Å². The van der Waals surface area contributed by atoms with Crippen molar-refractivity contribution in [1.82, 2.24) is 10.6 Å². The highest BCUT2D eigenvalue weighted by molar-refractivity contribution is 7.16. The van der Waals surface area contributed by atoms with Gasteiger partial charge >= 0.3 is 11.8 Å². The van der Waals surface area contributed by atoms with E-state index in [0.717, 1.165) is 16.0 Å². The van der Waals surface area contributed by atoms with E-state index in [9.17, 15) is 14.4 Å². The van der Waals surface area contributed by atoms with Crippen LogP contribution >= 0.6 is 22.7 Å². The lowest BCUT2D eigenvalue weighted by atomic mass is 10.1. The van der Waals surface area contributed by atoms with Crippen LogP contribution in [0.4, 0.5) is 0 Å². The fraction of sp³-hybridized carbons (Fsp3) is 0.150. The highest BCUT2D eigenvalue weighted by Gasteiger charge is 2.15. The van der Waals surface area contributed by atoms with E-state index in [0.29, 0.717) is 16.3 Å². The van der Waals surface area contributed by atoms with Gasteiger partial charge in [0.25, 0.3) is 0 Å². The van der Waals surface area contributed by atoms with Crippen molar-refractivity contribution in [2.45, 2.75) is 20.0 Å². The summed E-state index contributed by atoms with van der Waals surface area (Å²) in [6, 6.07) is 14.9. The minimum atomic E-state index is -0.693. The Kier molecular flexibility index (Phi) is 6.16. The highest BCUT2D eigenvalue weighted by Crippen LogP contribution is 2.22. The van der Waals surface area contributed by atoms with Crippen molar-refractivity contribution in [3.63, 3.8) is 0 Å². The molecule has 3 rings (SSSR count). The van der Waals surface area contributed by atoms with Gasteiger partial charge in [-0.15, -0.1) is 22.7 Å². The van der Waals surface area contributed by atoms with E-state index < -0.39 is 11.8 Å². The molecule has 0 atom stereocenters. The van der Waals surface area contributed by atoms with Crippen molar-refractivity contribution in [2.75, 3.05) is 0 Å². The molecular weight excluding hydrogens is 380 g/mol. The quantitative estimate of drug-likeness (QED) is 0.494. The Balaban J connectivity index is 1.48. The van der Waals surface area contributed by atoms with Crippen LogP contribution in [-0.2, 0) is 22.7 Å². The smallest absolute Gasteiger partial charge is 0.309 e. The van der Waals surface area contributed by atoms with Gasteiger partial charge in [-0.2, -0.15) is 0 Å². The van der Waals surface area contributed by atoms with Gasteiger partial charge in [0, 0.05) is 11.4 Å². The van der Waals surface area contributed by atoms with E-state index >= 15 is 0 Å². The lowest BCUT2D eigenvalue weighted by Gasteiger charge is -2.06. The van der Waals surface area contributed by atoms with Crippen LogP contribution in [0.1, 0.15) is 30.6 Å². The molecule has 0 aliphatic carbocycles. The van der Waals surface area contributed by atoms with Crippen LogP contribution < -0.4 is 10.6 Å². The van der Waals surface area contributed by atoms with Crippen LogP contribution in [-0.4, -0.2) is 17.6 Å². The van der Waals surface area contributed by atoms with Crippen LogP contribution in [0.2, 0.25) is 0 Å². The minimum Gasteiger partial charge on any atom is -0.344 e. The van der Waals surface area contributed by atoms with Crippen LogP contribution in [0.25, 0.3) is 0 Å². The zero-order chi connectivity index (χ0) is 19.2. The highest BCUT2D eigenvalue weighted by atomic mass is 32.1. The summed E-state index contributed by atoms with van der Waals surface area (Å²) in [5.74, 6) is -1.40. The molecule has 2 aromatic heterocycles. The van der Waals surface area contributed by atoms with Crippen LogP contribution in [0.15, 0.2) is 53.9 Å². The largest absolute Gasteiger partial charge is 0.344 e. The van der Waals surface area contributed by atoms with Crippen LogP contribution in [0, 0.1) is 6.92 Å². The summed E-state index contributed by atoms with van der Waals surface area (Å²) >= 11 is 2.71. The molecule has 2 N–H and O–H groups in total. The average molecular weight is 399 g/mol. The molecule has 138 valence electrons. The normalized spacial score (nSPS) is 10.4. The Morgan fingerprint density at radius 3 is 2.22 bits per heavy atom. The molecule has 0 radical (unpaired) electrons. The monoisotopic (exact) mass is 398 g/mol. The summed E-state index contributed by atoms with van der Waals surface area (Å²) in [7, 11) is 0. The van der Waals surface area contributed by atoms with Gasteiger partial charge in [-0.25, -0.2) is 0 Å². The Morgan fingerprint density at radius 1 is 0.852 bits per heavy atom. The van der Waals surface area contributed by atoms with Gasteiger partial charge in [-0.3, -0.25) is 14.4 Å². The summed E-state index contributed by atoms with van der Waals surface area (Å²) in [6.45, 7) is 2.49. The summed E-state index contributed by atoms with van der Waals surface area (Å²) in [6.07, 6.45) is 0. The van der Waals surface area contributed by atoms with E-state index in [1.807, 2.05) is 42.6 Å². The summed E-state index contributed by atoms with van der Waals surface area (Å²) in [5, 5.41) is 7.04. The molecule has 0 spiro atoms. The van der Waals surface area contributed by atoms with Gasteiger partial charge < -0.3 is 10.6 Å². The third kappa shape index (κ3) is 5.12. The maximum atomic E-state index is 12.3. The van der Waals surface area contributed by atoms with Crippen molar-refractivity contribution in [1.29, 1.82) is 0 Å². The third-order valence-corrected chi connectivity index (χ3v) is 5.79. The number of carbonyl (C=O) groups excluding carboxylic acids is 3. The lowest BCUT2D eigenvalue weighted by molar-refractivity contribution is -0.139. The SMILES string of the molecule is Cc1ccc(CNC(=O)C(=O)NCc2ccc(C(=O)c3cccs3)s2)cc1. The number of aryl methyl sites for hydroxylation is 1. The number of benzene rings is 1. The maximum Gasteiger partial charge on any atom is 0.309 e. The van der Waals surface area contributed by atoms with Gasteiger partial charge in [0.05, 0.1) is 16.3 Å². The van der Waals surface area contributed by atoms with Crippen molar-refractivity contribution < 1.29 is 14.4 Å². The van der Waals surface area contributed by atoms with E-state index in [2.05, 4.69) is 10.6 Å². The molecule has 0 aliphatic heterocycles. The van der Waals surface area contributed by atoms with Crippen molar-refractivity contribution >= 4 is 40.3 Å². The second-order valence-electron chi connectivity index (χ2n) is 5.92. The molecule has 0 saturated carbocycles. The second-order valence-corrected chi connectivity index (χ2v) is 8.04. The topological polar surface area (TPSA) is 75.3 Å². The zero-order valence-electron chi connectivity index (χ0n) is 14.7. The van der Waals surface area contributed by atoms with Gasteiger partial charge in [0.2, 0.25) is 5.78 Å². The van der Waals surface area contributed by atoms with E-state index in [4.69, 9.17) is 0 Å². The van der Waals surface area contributed by atoms with Gasteiger partial charge in [0.1, 0.15) is 0 Å². The Hall–Kier alpha value is -2.77. The first-order valence-corrected chi connectivity index (χ1v) is 10.0. The predicted octanol–water partition coefficient (Wildman–Crippen LogP) is 3.28. The average Bonchev–Trinajstić information content (AvgIpc) is 3.37. The third-order valence-electron chi connectivity index (χ3n) is 3.83. The molecule has 0 saturated heterocycles. The maximum absolute atomic E-state index is 12.3. The van der Waals surface area contributed by atoms with E-state index in [-0.39, 0.29) is 12.3 Å². The Bertz CT molecular complexity index is 944.